The molecule has 0 atom stereocenters. The molecule has 0 aliphatic heterocycles. The van der Waals surface area contributed by atoms with E-state index in [0.717, 1.165) is 6.07 Å². The molecule has 0 fully saturated rings. The number of nitro benzene ring substituents is 1. The van der Waals surface area contributed by atoms with E-state index in [1.807, 2.05) is 0 Å². The van der Waals surface area contributed by atoms with Gasteiger partial charge in [-0.3, -0.25) is 10.1 Å². The van der Waals surface area contributed by atoms with Crippen molar-refractivity contribution in [2.75, 3.05) is 11.9 Å². The Bertz CT molecular complexity index is 455. The highest BCUT2D eigenvalue weighted by molar-refractivity contribution is 5.62. The molecule has 0 aromatic heterocycles. The molecule has 0 aliphatic carbocycles. The molecule has 0 unspecified atom stereocenters. The Morgan fingerprint density at radius 3 is 2.75 bits per heavy atom. The van der Waals surface area contributed by atoms with Crippen LogP contribution in [-0.2, 0) is 0 Å². The molecule has 4 nitrogen and oxygen atoms in total. The third-order valence-electron chi connectivity index (χ3n) is 1.80. The standard InChI is InChI=1S/C10H8F2N2O2/c1-2-3-4-13-9-6-7(11)5-8(12)10(9)14(15)16/h1,5-6,13H,3-4H2. The summed E-state index contributed by atoms with van der Waals surface area (Å²) in [6.45, 7) is 0.209. The SMILES string of the molecule is C#CCCNc1cc(F)cc(F)c1[N+](=O)[O-]. The summed E-state index contributed by atoms with van der Waals surface area (Å²) in [5.74, 6) is 0.198. The summed E-state index contributed by atoms with van der Waals surface area (Å²) in [6.07, 6.45) is 5.28. The van der Waals surface area contributed by atoms with Crippen LogP contribution in [0, 0.1) is 34.1 Å². The molecule has 0 heterocycles. The number of anilines is 1. The Balaban J connectivity index is 3.05. The lowest BCUT2D eigenvalue weighted by molar-refractivity contribution is -0.386. The molecule has 1 rings (SSSR count). The third kappa shape index (κ3) is 2.67. The van der Waals surface area contributed by atoms with Crippen LogP contribution in [0.4, 0.5) is 20.2 Å². The molecule has 1 N–H and O–H groups in total. The van der Waals surface area contributed by atoms with Gasteiger partial charge in [0.25, 0.3) is 0 Å². The summed E-state index contributed by atoms with van der Waals surface area (Å²) in [5.41, 5.74) is -0.990. The fraction of sp³-hybridized carbons (Fsp3) is 0.200. The number of hydrogen-bond acceptors (Lipinski definition) is 3. The van der Waals surface area contributed by atoms with Gasteiger partial charge < -0.3 is 5.32 Å². The zero-order valence-corrected chi connectivity index (χ0v) is 8.17. The number of nitrogens with one attached hydrogen (secondary N) is 1. The monoisotopic (exact) mass is 226 g/mol. The Labute approximate surface area is 90.4 Å². The van der Waals surface area contributed by atoms with Gasteiger partial charge in [-0.25, -0.2) is 4.39 Å². The maximum Gasteiger partial charge on any atom is 0.327 e. The van der Waals surface area contributed by atoms with Crippen LogP contribution in [-0.4, -0.2) is 11.5 Å². The molecule has 1 aromatic carbocycles. The van der Waals surface area contributed by atoms with Gasteiger partial charge in [-0.1, -0.05) is 0 Å². The van der Waals surface area contributed by atoms with Crippen molar-refractivity contribution in [2.24, 2.45) is 0 Å². The predicted octanol–water partition coefficient (Wildman–Crippen LogP) is 2.31. The summed E-state index contributed by atoms with van der Waals surface area (Å²) in [6, 6.07) is 1.32. The predicted molar refractivity (Wildman–Crippen MR) is 55.0 cm³/mol. The van der Waals surface area contributed by atoms with Crippen LogP contribution in [0.25, 0.3) is 0 Å². The van der Waals surface area contributed by atoms with Crippen molar-refractivity contribution in [3.05, 3.63) is 33.9 Å². The summed E-state index contributed by atoms with van der Waals surface area (Å²) in [5, 5.41) is 13.1. The first-order chi connectivity index (χ1) is 7.56. The van der Waals surface area contributed by atoms with Gasteiger partial charge in [-0.15, -0.1) is 12.3 Å². The Kier molecular flexibility index (Phi) is 3.78. The maximum atomic E-state index is 13.1. The molecule has 0 aliphatic rings. The van der Waals surface area contributed by atoms with E-state index in [4.69, 9.17) is 6.42 Å². The number of rotatable bonds is 4. The smallest absolute Gasteiger partial charge is 0.327 e. The molecule has 0 radical (unpaired) electrons. The highest BCUT2D eigenvalue weighted by Gasteiger charge is 2.21. The normalized spacial score (nSPS) is 9.56. The quantitative estimate of drug-likeness (QED) is 0.371. The van der Waals surface area contributed by atoms with Crippen LogP contribution in [0.3, 0.4) is 0 Å². The Hall–Kier alpha value is -2.16. The number of hydrogen-bond donors (Lipinski definition) is 1. The minimum Gasteiger partial charge on any atom is -0.378 e. The number of terminal acetylenes is 1. The van der Waals surface area contributed by atoms with Crippen LogP contribution >= 0.6 is 0 Å². The van der Waals surface area contributed by atoms with Gasteiger partial charge >= 0.3 is 5.69 Å². The van der Waals surface area contributed by atoms with Crippen LogP contribution in [0.5, 0.6) is 0 Å². The van der Waals surface area contributed by atoms with Gasteiger partial charge in [0.2, 0.25) is 5.82 Å². The number of halogens is 2. The van der Waals surface area contributed by atoms with Crippen molar-refractivity contribution < 1.29 is 13.7 Å². The topological polar surface area (TPSA) is 55.2 Å². The van der Waals surface area contributed by atoms with Crippen LogP contribution in [0.2, 0.25) is 0 Å². The van der Waals surface area contributed by atoms with E-state index in [1.165, 1.54) is 0 Å². The zero-order chi connectivity index (χ0) is 12.1. The van der Waals surface area contributed by atoms with Crippen molar-refractivity contribution >= 4 is 11.4 Å². The molecule has 0 saturated carbocycles. The second kappa shape index (κ2) is 5.07. The Morgan fingerprint density at radius 2 is 2.19 bits per heavy atom. The third-order valence-corrected chi connectivity index (χ3v) is 1.80. The van der Waals surface area contributed by atoms with Gasteiger partial charge in [0.05, 0.1) is 4.92 Å². The summed E-state index contributed by atoms with van der Waals surface area (Å²) in [4.78, 5) is 9.64. The van der Waals surface area contributed by atoms with Crippen LogP contribution in [0.1, 0.15) is 6.42 Å². The van der Waals surface area contributed by atoms with E-state index in [9.17, 15) is 18.9 Å². The molecule has 1 aromatic rings. The van der Waals surface area contributed by atoms with E-state index < -0.39 is 22.2 Å². The molecule has 0 amide bonds. The summed E-state index contributed by atoms with van der Waals surface area (Å²) >= 11 is 0. The summed E-state index contributed by atoms with van der Waals surface area (Å²) in [7, 11) is 0. The second-order valence-electron chi connectivity index (χ2n) is 2.92. The molecule has 84 valence electrons. The molecule has 0 saturated heterocycles. The number of nitro groups is 1. The van der Waals surface area contributed by atoms with E-state index in [0.29, 0.717) is 12.5 Å². The average Bonchev–Trinajstić information content (AvgIpc) is 2.16. The zero-order valence-electron chi connectivity index (χ0n) is 8.17. The molecule has 16 heavy (non-hydrogen) atoms. The van der Waals surface area contributed by atoms with Gasteiger partial charge in [0.1, 0.15) is 11.5 Å². The minimum absolute atomic E-state index is 0.209. The van der Waals surface area contributed by atoms with Gasteiger partial charge in [0, 0.05) is 25.1 Å². The average molecular weight is 226 g/mol. The number of benzene rings is 1. The first-order valence-corrected chi connectivity index (χ1v) is 4.37. The van der Waals surface area contributed by atoms with Gasteiger partial charge in [-0.2, -0.15) is 4.39 Å². The van der Waals surface area contributed by atoms with Gasteiger partial charge in [0.15, 0.2) is 0 Å². The largest absolute Gasteiger partial charge is 0.378 e. The lowest BCUT2D eigenvalue weighted by atomic mass is 10.2. The lowest BCUT2D eigenvalue weighted by Gasteiger charge is -2.05. The van der Waals surface area contributed by atoms with Crippen molar-refractivity contribution in [1.82, 2.24) is 0 Å². The van der Waals surface area contributed by atoms with E-state index >= 15 is 0 Å². The number of nitrogens with zero attached hydrogens (tertiary/aromatic N) is 1. The molecule has 6 heteroatoms. The fourth-order valence-corrected chi connectivity index (χ4v) is 1.16. The maximum absolute atomic E-state index is 13.1. The fourth-order valence-electron chi connectivity index (χ4n) is 1.16. The highest BCUT2D eigenvalue weighted by atomic mass is 19.1. The lowest BCUT2D eigenvalue weighted by Crippen LogP contribution is -2.05. The van der Waals surface area contributed by atoms with E-state index in [1.54, 1.807) is 0 Å². The van der Waals surface area contributed by atoms with Crippen LogP contribution in [0.15, 0.2) is 12.1 Å². The Morgan fingerprint density at radius 1 is 1.50 bits per heavy atom. The van der Waals surface area contributed by atoms with E-state index in [-0.39, 0.29) is 12.2 Å². The van der Waals surface area contributed by atoms with Crippen molar-refractivity contribution in [3.8, 4) is 12.3 Å². The highest BCUT2D eigenvalue weighted by Crippen LogP contribution is 2.28. The van der Waals surface area contributed by atoms with Crippen molar-refractivity contribution in [1.29, 1.82) is 0 Å². The first kappa shape index (κ1) is 11.9. The van der Waals surface area contributed by atoms with E-state index in [2.05, 4.69) is 11.2 Å². The van der Waals surface area contributed by atoms with Gasteiger partial charge in [-0.05, 0) is 0 Å². The summed E-state index contributed by atoms with van der Waals surface area (Å²) < 4.78 is 25.9. The van der Waals surface area contributed by atoms with Crippen LogP contribution < -0.4 is 5.32 Å². The molecule has 0 bridgehead atoms. The molecular weight excluding hydrogens is 218 g/mol. The van der Waals surface area contributed by atoms with Crippen molar-refractivity contribution in [3.63, 3.8) is 0 Å². The minimum atomic E-state index is -1.21. The second-order valence-corrected chi connectivity index (χ2v) is 2.92. The first-order valence-electron chi connectivity index (χ1n) is 4.37. The molecule has 0 spiro atoms. The molecular formula is C10H8F2N2O2. The van der Waals surface area contributed by atoms with Crippen molar-refractivity contribution in [2.45, 2.75) is 6.42 Å².